The van der Waals surface area contributed by atoms with Crippen LogP contribution >= 0.6 is 0 Å². The van der Waals surface area contributed by atoms with Crippen molar-refractivity contribution in [3.8, 4) is 5.75 Å². The second kappa shape index (κ2) is 6.77. The average molecular weight is 340 g/mol. The highest BCUT2D eigenvalue weighted by Gasteiger charge is 2.34. The number of carbonyl (C=O) groups excluding carboxylic acids is 1. The molecule has 0 aliphatic carbocycles. The van der Waals surface area contributed by atoms with Gasteiger partial charge in [-0.1, -0.05) is 18.2 Å². The number of hydrogen-bond donors (Lipinski definition) is 2. The molecular formula is C16H15F3N2O3. The molecule has 0 bridgehead atoms. The van der Waals surface area contributed by atoms with Gasteiger partial charge in [0.15, 0.2) is 5.75 Å². The molecule has 2 rings (SSSR count). The number of hydrogen-bond acceptors (Lipinski definition) is 3. The minimum atomic E-state index is -4.52. The van der Waals surface area contributed by atoms with Crippen LogP contribution in [0.5, 0.6) is 5.75 Å². The van der Waals surface area contributed by atoms with Crippen molar-refractivity contribution in [1.82, 2.24) is 10.3 Å². The second-order valence-electron chi connectivity index (χ2n) is 5.06. The van der Waals surface area contributed by atoms with Gasteiger partial charge in [-0.05, 0) is 18.6 Å². The monoisotopic (exact) mass is 340 g/mol. The normalized spacial score (nSPS) is 12.5. The predicted molar refractivity (Wildman–Crippen MR) is 80.9 cm³/mol. The van der Waals surface area contributed by atoms with Gasteiger partial charge in [0.25, 0.3) is 5.91 Å². The highest BCUT2D eigenvalue weighted by atomic mass is 19.4. The number of methoxy groups -OCH3 is 1. The van der Waals surface area contributed by atoms with Crippen molar-refractivity contribution in [2.24, 2.45) is 0 Å². The fourth-order valence-electron chi connectivity index (χ4n) is 2.23. The van der Waals surface area contributed by atoms with Gasteiger partial charge in [0.1, 0.15) is 5.69 Å². The Bertz CT molecular complexity index is 800. The number of aromatic amines is 1. The molecule has 0 saturated carbocycles. The van der Waals surface area contributed by atoms with Gasteiger partial charge in [0, 0.05) is 12.3 Å². The van der Waals surface area contributed by atoms with E-state index in [-0.39, 0.29) is 17.0 Å². The Labute approximate surface area is 135 Å². The first-order valence-corrected chi connectivity index (χ1v) is 6.97. The summed E-state index contributed by atoms with van der Waals surface area (Å²) in [6, 6.07) is 5.11. The van der Waals surface area contributed by atoms with E-state index in [0.29, 0.717) is 0 Å². The summed E-state index contributed by atoms with van der Waals surface area (Å²) >= 11 is 0. The van der Waals surface area contributed by atoms with Crippen molar-refractivity contribution in [2.75, 3.05) is 7.11 Å². The fourth-order valence-corrected chi connectivity index (χ4v) is 2.23. The van der Waals surface area contributed by atoms with Crippen molar-refractivity contribution >= 4 is 5.91 Å². The van der Waals surface area contributed by atoms with Crippen LogP contribution in [-0.2, 0) is 6.18 Å². The number of pyridine rings is 1. The molecule has 2 aromatic rings. The Hall–Kier alpha value is -2.77. The van der Waals surface area contributed by atoms with E-state index in [0.717, 1.165) is 12.1 Å². The van der Waals surface area contributed by atoms with Crippen LogP contribution in [0.15, 0.2) is 41.3 Å². The van der Waals surface area contributed by atoms with Gasteiger partial charge >= 0.3 is 6.18 Å². The number of carbonyl (C=O) groups is 1. The summed E-state index contributed by atoms with van der Waals surface area (Å²) in [4.78, 5) is 26.4. The second-order valence-corrected chi connectivity index (χ2v) is 5.06. The average Bonchev–Trinajstić information content (AvgIpc) is 2.53. The molecule has 0 aliphatic heterocycles. The molecule has 128 valence electrons. The number of benzene rings is 1. The highest BCUT2D eigenvalue weighted by Crippen LogP contribution is 2.34. The Morgan fingerprint density at radius 2 is 1.96 bits per heavy atom. The highest BCUT2D eigenvalue weighted by molar-refractivity contribution is 5.92. The van der Waals surface area contributed by atoms with Gasteiger partial charge in [-0.15, -0.1) is 0 Å². The Morgan fingerprint density at radius 1 is 1.29 bits per heavy atom. The third-order valence-electron chi connectivity index (χ3n) is 3.42. The summed E-state index contributed by atoms with van der Waals surface area (Å²) in [7, 11) is 1.31. The van der Waals surface area contributed by atoms with Crippen molar-refractivity contribution in [3.63, 3.8) is 0 Å². The first-order chi connectivity index (χ1) is 11.2. The zero-order valence-electron chi connectivity index (χ0n) is 12.9. The summed E-state index contributed by atoms with van der Waals surface area (Å²) in [5.74, 6) is -0.666. The lowest BCUT2D eigenvalue weighted by molar-refractivity contribution is -0.138. The lowest BCUT2D eigenvalue weighted by Gasteiger charge is -2.19. The van der Waals surface area contributed by atoms with Crippen molar-refractivity contribution in [1.29, 1.82) is 0 Å². The zero-order chi connectivity index (χ0) is 17.9. The number of nitrogens with one attached hydrogen (secondary N) is 2. The van der Waals surface area contributed by atoms with Crippen LogP contribution in [0, 0.1) is 0 Å². The number of amides is 1. The van der Waals surface area contributed by atoms with E-state index >= 15 is 0 Å². The van der Waals surface area contributed by atoms with Crippen molar-refractivity contribution in [3.05, 3.63) is 63.6 Å². The molecule has 1 aromatic carbocycles. The number of H-pyrrole nitrogens is 1. The van der Waals surface area contributed by atoms with Gasteiger partial charge in [-0.2, -0.15) is 13.2 Å². The van der Waals surface area contributed by atoms with Gasteiger partial charge in [0.2, 0.25) is 5.43 Å². The molecule has 0 radical (unpaired) electrons. The fraction of sp³-hybridized carbons (Fsp3) is 0.250. The molecule has 8 heteroatoms. The molecule has 24 heavy (non-hydrogen) atoms. The molecular weight excluding hydrogens is 325 g/mol. The molecule has 0 spiro atoms. The molecule has 0 unspecified atom stereocenters. The van der Waals surface area contributed by atoms with E-state index in [1.54, 1.807) is 0 Å². The number of ether oxygens (including phenoxy) is 1. The third-order valence-corrected chi connectivity index (χ3v) is 3.42. The van der Waals surface area contributed by atoms with Crippen molar-refractivity contribution < 1.29 is 22.7 Å². The SMILES string of the molecule is COc1c[nH]c(C(=O)N[C@@H](C)c2ccccc2C(F)(F)F)cc1=O. The van der Waals surface area contributed by atoms with E-state index in [2.05, 4.69) is 10.3 Å². The van der Waals surface area contributed by atoms with E-state index in [4.69, 9.17) is 4.74 Å². The molecule has 1 aromatic heterocycles. The molecule has 1 heterocycles. The molecule has 1 atom stereocenters. The minimum absolute atomic E-state index is 0.0296. The molecule has 1 amide bonds. The summed E-state index contributed by atoms with van der Waals surface area (Å²) in [6.07, 6.45) is -3.31. The standard InChI is InChI=1S/C16H15F3N2O3/c1-9(10-5-3-4-6-11(10)16(17,18)19)21-15(23)12-7-13(22)14(24-2)8-20-12/h3-9H,1-2H3,(H,20,22)(H,21,23)/t9-/m0/s1. The van der Waals surface area contributed by atoms with E-state index in [9.17, 15) is 22.8 Å². The van der Waals surface area contributed by atoms with Crippen LogP contribution in [0.2, 0.25) is 0 Å². The maximum atomic E-state index is 13.0. The lowest BCUT2D eigenvalue weighted by Crippen LogP contribution is -2.29. The van der Waals surface area contributed by atoms with Gasteiger partial charge < -0.3 is 15.0 Å². The Kier molecular flexibility index (Phi) is 4.96. The lowest BCUT2D eigenvalue weighted by atomic mass is 10.0. The topological polar surface area (TPSA) is 71.2 Å². The summed E-state index contributed by atoms with van der Waals surface area (Å²) in [5, 5.41) is 2.44. The van der Waals surface area contributed by atoms with Crippen LogP contribution < -0.4 is 15.5 Å². The number of halogens is 3. The van der Waals surface area contributed by atoms with Gasteiger partial charge in [-0.25, -0.2) is 0 Å². The van der Waals surface area contributed by atoms with Crippen LogP contribution in [0.4, 0.5) is 13.2 Å². The first-order valence-electron chi connectivity index (χ1n) is 6.97. The van der Waals surface area contributed by atoms with Gasteiger partial charge in [-0.3, -0.25) is 9.59 Å². The molecule has 2 N–H and O–H groups in total. The largest absolute Gasteiger partial charge is 0.491 e. The van der Waals surface area contributed by atoms with Crippen LogP contribution in [0.25, 0.3) is 0 Å². The minimum Gasteiger partial charge on any atom is -0.491 e. The Balaban J connectivity index is 2.24. The maximum absolute atomic E-state index is 13.0. The molecule has 0 saturated heterocycles. The molecule has 0 aliphatic rings. The van der Waals surface area contributed by atoms with E-state index in [1.165, 1.54) is 38.4 Å². The third kappa shape index (κ3) is 3.76. The quantitative estimate of drug-likeness (QED) is 0.899. The maximum Gasteiger partial charge on any atom is 0.416 e. The first kappa shape index (κ1) is 17.6. The smallest absolute Gasteiger partial charge is 0.416 e. The van der Waals surface area contributed by atoms with Gasteiger partial charge in [0.05, 0.1) is 18.7 Å². The summed E-state index contributed by atoms with van der Waals surface area (Å²) in [6.45, 7) is 1.43. The molecule has 0 fully saturated rings. The predicted octanol–water partition coefficient (Wildman–Crippen LogP) is 2.89. The Morgan fingerprint density at radius 3 is 2.54 bits per heavy atom. The van der Waals surface area contributed by atoms with E-state index < -0.39 is 29.1 Å². The number of aromatic nitrogens is 1. The van der Waals surface area contributed by atoms with Crippen molar-refractivity contribution in [2.45, 2.75) is 19.1 Å². The molecule has 5 nitrogen and oxygen atoms in total. The number of alkyl halides is 3. The van der Waals surface area contributed by atoms with Crippen LogP contribution in [-0.4, -0.2) is 18.0 Å². The number of rotatable bonds is 4. The van der Waals surface area contributed by atoms with Crippen LogP contribution in [0.3, 0.4) is 0 Å². The summed E-state index contributed by atoms with van der Waals surface area (Å²) < 4.78 is 43.9. The summed E-state index contributed by atoms with van der Waals surface area (Å²) in [5.41, 5.74) is -1.46. The van der Waals surface area contributed by atoms with Crippen LogP contribution in [0.1, 0.15) is 34.6 Å². The van der Waals surface area contributed by atoms with E-state index in [1.807, 2.05) is 0 Å². The zero-order valence-corrected chi connectivity index (χ0v) is 12.9.